The Bertz CT molecular complexity index is 856. The number of nitrogens with one attached hydrogen (secondary N) is 1. The lowest BCUT2D eigenvalue weighted by atomic mass is 10.1. The second kappa shape index (κ2) is 12.6. The average Bonchev–Trinajstić information content (AvgIpc) is 2.74. The Hall–Kier alpha value is -2.24. The van der Waals surface area contributed by atoms with Crippen molar-refractivity contribution in [1.82, 2.24) is 10.2 Å². The van der Waals surface area contributed by atoms with E-state index in [9.17, 15) is 9.59 Å². The summed E-state index contributed by atoms with van der Waals surface area (Å²) in [6.07, 6.45) is 0.809. The molecule has 0 fully saturated rings. The van der Waals surface area contributed by atoms with Crippen molar-refractivity contribution in [2.75, 3.05) is 13.2 Å². The van der Waals surface area contributed by atoms with Crippen LogP contribution < -0.4 is 10.1 Å². The SMILES string of the molecule is CC(C)CNC(=O)C(C)N(Cc1cccc(Cl)c1)C(=O)CCCOc1ccc(Cl)cc1. The van der Waals surface area contributed by atoms with Gasteiger partial charge >= 0.3 is 0 Å². The van der Waals surface area contributed by atoms with Crippen molar-refractivity contribution < 1.29 is 14.3 Å². The largest absolute Gasteiger partial charge is 0.494 e. The highest BCUT2D eigenvalue weighted by Gasteiger charge is 2.26. The summed E-state index contributed by atoms with van der Waals surface area (Å²) in [5.74, 6) is 0.765. The fourth-order valence-corrected chi connectivity index (χ4v) is 3.29. The lowest BCUT2D eigenvalue weighted by Gasteiger charge is -2.29. The Morgan fingerprint density at radius 2 is 1.74 bits per heavy atom. The van der Waals surface area contributed by atoms with Gasteiger partial charge in [0, 0.05) is 29.6 Å². The molecule has 2 amide bonds. The summed E-state index contributed by atoms with van der Waals surface area (Å²) in [4.78, 5) is 27.2. The van der Waals surface area contributed by atoms with E-state index in [-0.39, 0.29) is 18.2 Å². The molecule has 0 heterocycles. The van der Waals surface area contributed by atoms with Crippen LogP contribution in [0.3, 0.4) is 0 Å². The fourth-order valence-electron chi connectivity index (χ4n) is 2.95. The first-order valence-corrected chi connectivity index (χ1v) is 11.2. The molecular formula is C24H30Cl2N2O3. The molecule has 0 aliphatic heterocycles. The van der Waals surface area contributed by atoms with E-state index in [1.54, 1.807) is 42.2 Å². The summed E-state index contributed by atoms with van der Waals surface area (Å²) >= 11 is 12.0. The van der Waals surface area contributed by atoms with Crippen LogP contribution >= 0.6 is 23.2 Å². The molecule has 168 valence electrons. The zero-order valence-corrected chi connectivity index (χ0v) is 19.7. The van der Waals surface area contributed by atoms with Crippen LogP contribution in [0.25, 0.3) is 0 Å². The van der Waals surface area contributed by atoms with E-state index in [0.29, 0.717) is 47.8 Å². The van der Waals surface area contributed by atoms with Gasteiger partial charge in [0.1, 0.15) is 11.8 Å². The van der Waals surface area contributed by atoms with Crippen LogP contribution in [0.15, 0.2) is 48.5 Å². The molecule has 0 aliphatic carbocycles. The summed E-state index contributed by atoms with van der Waals surface area (Å²) in [5, 5.41) is 4.15. The van der Waals surface area contributed by atoms with Crippen LogP contribution in [0, 0.1) is 5.92 Å². The van der Waals surface area contributed by atoms with Crippen molar-refractivity contribution >= 4 is 35.0 Å². The molecule has 2 aromatic carbocycles. The Balaban J connectivity index is 1.98. The molecule has 0 aromatic heterocycles. The molecular weight excluding hydrogens is 435 g/mol. The van der Waals surface area contributed by atoms with E-state index in [1.165, 1.54) is 0 Å². The average molecular weight is 465 g/mol. The van der Waals surface area contributed by atoms with Crippen molar-refractivity contribution in [3.8, 4) is 5.75 Å². The van der Waals surface area contributed by atoms with Crippen LogP contribution in [0.4, 0.5) is 0 Å². The fraction of sp³-hybridized carbons (Fsp3) is 0.417. The van der Waals surface area contributed by atoms with Crippen molar-refractivity contribution in [2.24, 2.45) is 5.92 Å². The smallest absolute Gasteiger partial charge is 0.242 e. The van der Waals surface area contributed by atoms with Crippen LogP contribution in [-0.4, -0.2) is 35.9 Å². The van der Waals surface area contributed by atoms with Gasteiger partial charge in [-0.15, -0.1) is 0 Å². The highest BCUT2D eigenvalue weighted by atomic mass is 35.5. The van der Waals surface area contributed by atoms with Gasteiger partial charge < -0.3 is 15.0 Å². The summed E-state index contributed by atoms with van der Waals surface area (Å²) in [7, 11) is 0. The van der Waals surface area contributed by atoms with Crippen molar-refractivity contribution in [1.29, 1.82) is 0 Å². The minimum atomic E-state index is -0.595. The van der Waals surface area contributed by atoms with E-state index >= 15 is 0 Å². The Morgan fingerprint density at radius 3 is 2.39 bits per heavy atom. The van der Waals surface area contributed by atoms with Gasteiger partial charge in [-0.2, -0.15) is 0 Å². The Kier molecular flexibility index (Phi) is 10.2. The standard InChI is InChI=1S/C24H30Cl2N2O3/c1-17(2)15-27-24(30)18(3)28(16-19-6-4-7-21(26)14-19)23(29)8-5-13-31-22-11-9-20(25)10-12-22/h4,6-7,9-12,14,17-18H,5,8,13,15-16H2,1-3H3,(H,27,30). The van der Waals surface area contributed by atoms with Gasteiger partial charge in [0.2, 0.25) is 11.8 Å². The third kappa shape index (κ3) is 8.80. The summed E-state index contributed by atoms with van der Waals surface area (Å²) < 4.78 is 5.67. The second-order valence-electron chi connectivity index (χ2n) is 7.87. The van der Waals surface area contributed by atoms with Crippen molar-refractivity contribution in [3.63, 3.8) is 0 Å². The number of nitrogens with zero attached hydrogens (tertiary/aromatic N) is 1. The summed E-state index contributed by atoms with van der Waals surface area (Å²) in [6.45, 7) is 7.08. The summed E-state index contributed by atoms with van der Waals surface area (Å²) in [6, 6.07) is 13.8. The molecule has 0 saturated heterocycles. The normalized spacial score (nSPS) is 11.8. The van der Waals surface area contributed by atoms with Crippen LogP contribution in [0.5, 0.6) is 5.75 Å². The monoisotopic (exact) mass is 464 g/mol. The number of benzene rings is 2. The van der Waals surface area contributed by atoms with Crippen LogP contribution in [0.2, 0.25) is 10.0 Å². The molecule has 31 heavy (non-hydrogen) atoms. The maximum atomic E-state index is 13.0. The maximum Gasteiger partial charge on any atom is 0.242 e. The van der Waals surface area contributed by atoms with Crippen LogP contribution in [-0.2, 0) is 16.1 Å². The molecule has 7 heteroatoms. The maximum absolute atomic E-state index is 13.0. The zero-order chi connectivity index (χ0) is 22.8. The highest BCUT2D eigenvalue weighted by molar-refractivity contribution is 6.30. The number of ether oxygens (including phenoxy) is 1. The molecule has 2 aromatic rings. The first-order chi connectivity index (χ1) is 14.8. The van der Waals surface area contributed by atoms with Gasteiger partial charge in [0.15, 0.2) is 0 Å². The lowest BCUT2D eigenvalue weighted by Crippen LogP contribution is -2.48. The highest BCUT2D eigenvalue weighted by Crippen LogP contribution is 2.18. The lowest BCUT2D eigenvalue weighted by molar-refractivity contribution is -0.140. The Labute approximate surface area is 194 Å². The third-order valence-corrected chi connectivity index (χ3v) is 5.20. The molecule has 0 saturated carbocycles. The number of halogens is 2. The topological polar surface area (TPSA) is 58.6 Å². The quantitative estimate of drug-likeness (QED) is 0.456. The van der Waals surface area contributed by atoms with Crippen molar-refractivity contribution in [2.45, 2.75) is 46.2 Å². The van der Waals surface area contributed by atoms with E-state index in [0.717, 1.165) is 5.56 Å². The van der Waals surface area contributed by atoms with E-state index in [2.05, 4.69) is 5.32 Å². The van der Waals surface area contributed by atoms with E-state index in [4.69, 9.17) is 27.9 Å². The third-order valence-electron chi connectivity index (χ3n) is 4.71. The van der Waals surface area contributed by atoms with Crippen molar-refractivity contribution in [3.05, 3.63) is 64.1 Å². The first-order valence-electron chi connectivity index (χ1n) is 10.5. The minimum Gasteiger partial charge on any atom is -0.494 e. The van der Waals surface area contributed by atoms with Gasteiger partial charge in [0.25, 0.3) is 0 Å². The molecule has 2 rings (SSSR count). The molecule has 0 radical (unpaired) electrons. The molecule has 0 aliphatic rings. The number of carbonyl (C=O) groups is 2. The molecule has 0 bridgehead atoms. The number of hydrogen-bond acceptors (Lipinski definition) is 3. The summed E-state index contributed by atoms with van der Waals surface area (Å²) in [5.41, 5.74) is 0.877. The Morgan fingerprint density at radius 1 is 1.03 bits per heavy atom. The number of hydrogen-bond donors (Lipinski definition) is 1. The predicted molar refractivity (Wildman–Crippen MR) is 125 cm³/mol. The predicted octanol–water partition coefficient (Wildman–Crippen LogP) is 5.34. The molecule has 1 N–H and O–H groups in total. The van der Waals surface area contributed by atoms with E-state index < -0.39 is 6.04 Å². The zero-order valence-electron chi connectivity index (χ0n) is 18.2. The minimum absolute atomic E-state index is 0.105. The van der Waals surface area contributed by atoms with Gasteiger partial charge in [-0.05, 0) is 61.2 Å². The number of carbonyl (C=O) groups excluding carboxylic acids is 2. The molecule has 1 unspecified atom stereocenters. The molecule has 1 atom stereocenters. The number of amides is 2. The van der Waals surface area contributed by atoms with E-state index in [1.807, 2.05) is 32.0 Å². The van der Waals surface area contributed by atoms with Crippen LogP contribution in [0.1, 0.15) is 39.2 Å². The second-order valence-corrected chi connectivity index (χ2v) is 8.75. The van der Waals surface area contributed by atoms with Gasteiger partial charge in [-0.1, -0.05) is 49.2 Å². The van der Waals surface area contributed by atoms with Gasteiger partial charge in [-0.3, -0.25) is 9.59 Å². The molecule has 0 spiro atoms. The van der Waals surface area contributed by atoms with Gasteiger partial charge in [-0.25, -0.2) is 0 Å². The first kappa shape index (κ1) is 25.0. The molecule has 5 nitrogen and oxygen atoms in total. The van der Waals surface area contributed by atoms with Gasteiger partial charge in [0.05, 0.1) is 6.61 Å². The number of rotatable bonds is 11.